The zero-order valence-corrected chi connectivity index (χ0v) is 12.2. The molecule has 0 fully saturated rings. The molecule has 0 aliphatic heterocycles. The number of hydrogen-bond acceptors (Lipinski definition) is 5. The van der Waals surface area contributed by atoms with Gasteiger partial charge in [-0.2, -0.15) is 0 Å². The Labute approximate surface area is 120 Å². The number of hydrogen-bond donors (Lipinski definition) is 1. The van der Waals surface area contributed by atoms with Crippen LogP contribution in [0.5, 0.6) is 0 Å². The molecular formula is C12H11ClN2O2S2. The van der Waals surface area contributed by atoms with Gasteiger partial charge in [-0.05, 0) is 12.1 Å². The van der Waals surface area contributed by atoms with Crippen molar-refractivity contribution in [3.63, 3.8) is 0 Å². The zero-order valence-electron chi connectivity index (χ0n) is 9.84. The van der Waals surface area contributed by atoms with E-state index in [0.717, 1.165) is 11.3 Å². The number of rotatable bonds is 5. The van der Waals surface area contributed by atoms with Gasteiger partial charge in [0.05, 0.1) is 4.90 Å². The van der Waals surface area contributed by atoms with Crippen molar-refractivity contribution in [1.29, 1.82) is 0 Å². The first-order chi connectivity index (χ1) is 9.05. The molecule has 1 aromatic heterocycles. The van der Waals surface area contributed by atoms with Gasteiger partial charge >= 0.3 is 0 Å². The Bertz CT molecular complexity index is 681. The van der Waals surface area contributed by atoms with E-state index in [4.69, 9.17) is 11.6 Å². The summed E-state index contributed by atoms with van der Waals surface area (Å²) in [6.07, 6.45) is 1.65. The third-order valence-electron chi connectivity index (χ3n) is 2.26. The molecule has 4 nitrogen and oxygen atoms in total. The minimum absolute atomic E-state index is 0.114. The van der Waals surface area contributed by atoms with Crippen molar-refractivity contribution in [2.45, 2.75) is 9.92 Å². The average molecular weight is 315 g/mol. The van der Waals surface area contributed by atoms with Gasteiger partial charge < -0.3 is 5.32 Å². The van der Waals surface area contributed by atoms with Crippen molar-refractivity contribution < 1.29 is 8.42 Å². The van der Waals surface area contributed by atoms with Crippen LogP contribution in [-0.2, 0) is 9.84 Å². The Hall–Kier alpha value is -1.37. The van der Waals surface area contributed by atoms with Gasteiger partial charge in [0, 0.05) is 6.54 Å². The second-order valence-corrected chi connectivity index (χ2v) is 7.05. The number of anilines is 1. The maximum Gasteiger partial charge on any atom is 0.226 e. The van der Waals surface area contributed by atoms with Crippen LogP contribution in [0.3, 0.4) is 0 Å². The molecule has 1 N–H and O–H groups in total. The van der Waals surface area contributed by atoms with E-state index in [1.54, 1.807) is 24.3 Å². The molecule has 0 radical (unpaired) electrons. The third kappa shape index (κ3) is 2.97. The molecule has 0 saturated heterocycles. The fraction of sp³-hybridized carbons (Fsp3) is 0.0833. The van der Waals surface area contributed by atoms with E-state index in [2.05, 4.69) is 16.9 Å². The molecule has 0 spiro atoms. The Morgan fingerprint density at radius 3 is 2.68 bits per heavy atom. The largest absolute Gasteiger partial charge is 0.358 e. The highest BCUT2D eigenvalue weighted by Gasteiger charge is 2.25. The van der Waals surface area contributed by atoms with Gasteiger partial charge in [-0.3, -0.25) is 0 Å². The average Bonchev–Trinajstić information content (AvgIpc) is 2.79. The van der Waals surface area contributed by atoms with Crippen molar-refractivity contribution in [3.05, 3.63) is 47.3 Å². The molecule has 0 amide bonds. The summed E-state index contributed by atoms with van der Waals surface area (Å²) in [5.41, 5.74) is 0. The topological polar surface area (TPSA) is 59.1 Å². The van der Waals surface area contributed by atoms with Crippen LogP contribution in [-0.4, -0.2) is 19.9 Å². The minimum Gasteiger partial charge on any atom is -0.358 e. The standard InChI is InChI=1S/C12H11ClN2O2S2/c1-2-8-14-12-15-11(10(13)18-12)19(16,17)9-6-4-3-5-7-9/h2-7H,1,8H2,(H,14,15). The molecule has 19 heavy (non-hydrogen) atoms. The van der Waals surface area contributed by atoms with Gasteiger partial charge in [-0.25, -0.2) is 13.4 Å². The monoisotopic (exact) mass is 314 g/mol. The quantitative estimate of drug-likeness (QED) is 0.861. The second kappa shape index (κ2) is 5.73. The lowest BCUT2D eigenvalue weighted by molar-refractivity contribution is 0.593. The van der Waals surface area contributed by atoms with Gasteiger partial charge in [0.2, 0.25) is 9.84 Å². The van der Waals surface area contributed by atoms with Gasteiger partial charge in [0.25, 0.3) is 0 Å². The molecule has 0 atom stereocenters. The number of halogens is 1. The highest BCUT2D eigenvalue weighted by Crippen LogP contribution is 2.34. The van der Waals surface area contributed by atoms with Gasteiger partial charge in [-0.15, -0.1) is 6.58 Å². The van der Waals surface area contributed by atoms with Crippen molar-refractivity contribution in [3.8, 4) is 0 Å². The fourth-order valence-electron chi connectivity index (χ4n) is 1.40. The molecule has 100 valence electrons. The van der Waals surface area contributed by atoms with E-state index >= 15 is 0 Å². The first-order valence-corrected chi connectivity index (χ1v) is 8.04. The normalized spacial score (nSPS) is 11.2. The highest BCUT2D eigenvalue weighted by atomic mass is 35.5. The first kappa shape index (κ1) is 14.0. The Kier molecular flexibility index (Phi) is 4.24. The number of aromatic nitrogens is 1. The number of nitrogens with zero attached hydrogens (tertiary/aromatic N) is 1. The lowest BCUT2D eigenvalue weighted by Crippen LogP contribution is -2.04. The van der Waals surface area contributed by atoms with Crippen LogP contribution in [0.4, 0.5) is 5.13 Å². The molecule has 2 rings (SSSR count). The third-order valence-corrected chi connectivity index (χ3v) is 5.41. The van der Waals surface area contributed by atoms with E-state index in [9.17, 15) is 8.42 Å². The van der Waals surface area contributed by atoms with Crippen LogP contribution in [0.15, 0.2) is 52.9 Å². The van der Waals surface area contributed by atoms with E-state index in [-0.39, 0.29) is 14.3 Å². The molecule has 1 aromatic carbocycles. The molecule has 7 heteroatoms. The van der Waals surface area contributed by atoms with Crippen molar-refractivity contribution in [1.82, 2.24) is 4.98 Å². The van der Waals surface area contributed by atoms with Crippen molar-refractivity contribution >= 4 is 37.9 Å². The molecule has 1 heterocycles. The van der Waals surface area contributed by atoms with E-state index in [0.29, 0.717) is 11.7 Å². The Morgan fingerprint density at radius 2 is 2.05 bits per heavy atom. The summed E-state index contributed by atoms with van der Waals surface area (Å²) in [4.78, 5) is 4.21. The zero-order chi connectivity index (χ0) is 13.9. The van der Waals surface area contributed by atoms with Crippen molar-refractivity contribution in [2.24, 2.45) is 0 Å². The smallest absolute Gasteiger partial charge is 0.226 e. The Balaban J connectivity index is 2.41. The number of nitrogens with one attached hydrogen (secondary N) is 1. The summed E-state index contributed by atoms with van der Waals surface area (Å²) in [5, 5.41) is 3.26. The fourth-order valence-corrected chi connectivity index (χ4v) is 4.23. The molecule has 0 aliphatic rings. The predicted molar refractivity (Wildman–Crippen MR) is 77.7 cm³/mol. The van der Waals surface area contributed by atoms with E-state index in [1.165, 1.54) is 12.1 Å². The lowest BCUT2D eigenvalue weighted by atomic mass is 10.4. The maximum absolute atomic E-state index is 12.4. The molecule has 0 bridgehead atoms. The lowest BCUT2D eigenvalue weighted by Gasteiger charge is -2.01. The Morgan fingerprint density at radius 1 is 1.37 bits per heavy atom. The molecule has 0 saturated carbocycles. The van der Waals surface area contributed by atoms with Crippen LogP contribution >= 0.6 is 22.9 Å². The molecule has 0 unspecified atom stereocenters. The summed E-state index contributed by atoms with van der Waals surface area (Å²) in [7, 11) is -3.67. The SMILES string of the molecule is C=CCNc1nc(S(=O)(=O)c2ccccc2)c(Cl)s1. The summed E-state index contributed by atoms with van der Waals surface area (Å²) in [6, 6.07) is 8.09. The minimum atomic E-state index is -3.67. The van der Waals surface area contributed by atoms with Gasteiger partial charge in [-0.1, -0.05) is 47.2 Å². The summed E-state index contributed by atoms with van der Waals surface area (Å²) in [6.45, 7) is 4.06. The molecule has 2 aromatic rings. The summed E-state index contributed by atoms with van der Waals surface area (Å²) in [5.74, 6) is 0. The second-order valence-electron chi connectivity index (χ2n) is 3.58. The van der Waals surface area contributed by atoms with Crippen LogP contribution in [0.1, 0.15) is 0 Å². The van der Waals surface area contributed by atoms with E-state index in [1.807, 2.05) is 0 Å². The predicted octanol–water partition coefficient (Wildman–Crippen LogP) is 3.23. The van der Waals surface area contributed by atoms with Crippen LogP contribution in [0, 0.1) is 0 Å². The molecule has 0 aliphatic carbocycles. The van der Waals surface area contributed by atoms with Gasteiger partial charge in [0.15, 0.2) is 10.2 Å². The van der Waals surface area contributed by atoms with Crippen molar-refractivity contribution in [2.75, 3.05) is 11.9 Å². The number of thiazole rings is 1. The number of benzene rings is 1. The van der Waals surface area contributed by atoms with Crippen LogP contribution in [0.25, 0.3) is 0 Å². The molecular weight excluding hydrogens is 304 g/mol. The maximum atomic E-state index is 12.4. The van der Waals surface area contributed by atoms with Crippen LogP contribution < -0.4 is 5.32 Å². The van der Waals surface area contributed by atoms with Crippen LogP contribution in [0.2, 0.25) is 4.34 Å². The van der Waals surface area contributed by atoms with E-state index < -0.39 is 9.84 Å². The number of sulfone groups is 1. The highest BCUT2D eigenvalue weighted by molar-refractivity contribution is 7.91. The summed E-state index contributed by atoms with van der Waals surface area (Å²) >= 11 is 7.06. The first-order valence-electron chi connectivity index (χ1n) is 5.37. The summed E-state index contributed by atoms with van der Waals surface area (Å²) < 4.78 is 24.9. The van der Waals surface area contributed by atoms with Gasteiger partial charge in [0.1, 0.15) is 4.34 Å².